The summed E-state index contributed by atoms with van der Waals surface area (Å²) < 4.78 is 54.0. The number of halogens is 1. The number of carbonyl (C=O) groups excluding carboxylic acids is 1. The molecule has 168 valence electrons. The summed E-state index contributed by atoms with van der Waals surface area (Å²) in [6.45, 7) is 4.03. The summed E-state index contributed by atoms with van der Waals surface area (Å²) in [5.41, 5.74) is 1.50. The Bertz CT molecular complexity index is 1220. The number of piperazine rings is 1. The summed E-state index contributed by atoms with van der Waals surface area (Å²) in [6, 6.07) is 9.25. The molecule has 1 heterocycles. The van der Waals surface area contributed by atoms with Crippen LogP contribution >= 0.6 is 11.6 Å². The summed E-state index contributed by atoms with van der Waals surface area (Å²) >= 11 is 6.05. The number of hydrogen-bond acceptors (Lipinski definition) is 5. The highest BCUT2D eigenvalue weighted by Crippen LogP contribution is 2.26. The van der Waals surface area contributed by atoms with Gasteiger partial charge in [-0.3, -0.25) is 4.79 Å². The van der Waals surface area contributed by atoms with E-state index in [4.69, 9.17) is 11.6 Å². The highest BCUT2D eigenvalue weighted by molar-refractivity contribution is 7.89. The highest BCUT2D eigenvalue weighted by Gasteiger charge is 2.32. The second-order valence-electron chi connectivity index (χ2n) is 7.25. The molecule has 1 aliphatic heterocycles. The normalized spacial score (nSPS) is 15.8. The maximum absolute atomic E-state index is 13.0. The molecule has 0 aliphatic carbocycles. The minimum Gasteiger partial charge on any atom is -0.336 e. The van der Waals surface area contributed by atoms with Crippen molar-refractivity contribution < 1.29 is 21.6 Å². The molecular weight excluding hydrogens is 462 g/mol. The molecule has 1 aliphatic rings. The van der Waals surface area contributed by atoms with Gasteiger partial charge in [-0.1, -0.05) is 23.7 Å². The van der Waals surface area contributed by atoms with E-state index in [-0.39, 0.29) is 52.5 Å². The Balaban J connectivity index is 1.81. The van der Waals surface area contributed by atoms with Crippen molar-refractivity contribution in [3.63, 3.8) is 0 Å². The van der Waals surface area contributed by atoms with E-state index in [2.05, 4.69) is 4.72 Å². The molecule has 0 unspecified atom stereocenters. The van der Waals surface area contributed by atoms with Crippen LogP contribution in [-0.4, -0.2) is 65.2 Å². The molecule has 0 spiro atoms. The average Bonchev–Trinajstić information content (AvgIpc) is 2.75. The zero-order valence-corrected chi connectivity index (χ0v) is 19.8. The predicted octanol–water partition coefficient (Wildman–Crippen LogP) is 2.01. The van der Waals surface area contributed by atoms with Gasteiger partial charge >= 0.3 is 0 Å². The van der Waals surface area contributed by atoms with E-state index in [0.29, 0.717) is 11.1 Å². The lowest BCUT2D eigenvalue weighted by Crippen LogP contribution is -2.50. The quantitative estimate of drug-likeness (QED) is 0.697. The van der Waals surface area contributed by atoms with E-state index in [9.17, 15) is 21.6 Å². The van der Waals surface area contributed by atoms with Gasteiger partial charge in [-0.2, -0.15) is 4.31 Å². The van der Waals surface area contributed by atoms with Gasteiger partial charge in [0, 0.05) is 31.7 Å². The van der Waals surface area contributed by atoms with Crippen LogP contribution in [0.3, 0.4) is 0 Å². The molecule has 0 bridgehead atoms. The van der Waals surface area contributed by atoms with Crippen molar-refractivity contribution in [3.8, 4) is 0 Å². The van der Waals surface area contributed by atoms with E-state index >= 15 is 0 Å². The molecule has 3 rings (SSSR count). The highest BCUT2D eigenvalue weighted by atomic mass is 35.5. The fraction of sp³-hybridized carbons (Fsp3) is 0.350. The van der Waals surface area contributed by atoms with Crippen LogP contribution in [0.5, 0.6) is 0 Å². The van der Waals surface area contributed by atoms with Crippen LogP contribution in [0.1, 0.15) is 21.5 Å². The first-order chi connectivity index (χ1) is 14.5. The van der Waals surface area contributed by atoms with Crippen LogP contribution in [0.4, 0.5) is 0 Å². The van der Waals surface area contributed by atoms with Crippen molar-refractivity contribution in [1.29, 1.82) is 0 Å². The van der Waals surface area contributed by atoms with E-state index < -0.39 is 20.0 Å². The molecule has 1 fully saturated rings. The Morgan fingerprint density at radius 2 is 1.58 bits per heavy atom. The van der Waals surface area contributed by atoms with Gasteiger partial charge < -0.3 is 4.90 Å². The third-order valence-electron chi connectivity index (χ3n) is 5.41. The topological polar surface area (TPSA) is 104 Å². The van der Waals surface area contributed by atoms with Crippen molar-refractivity contribution in [2.45, 2.75) is 23.6 Å². The first-order valence-corrected chi connectivity index (χ1v) is 12.9. The number of hydrogen-bond donors (Lipinski definition) is 1. The van der Waals surface area contributed by atoms with E-state index in [1.165, 1.54) is 34.5 Å². The first kappa shape index (κ1) is 23.7. The molecule has 0 radical (unpaired) electrons. The molecule has 1 amide bonds. The molecule has 11 heteroatoms. The Labute approximate surface area is 187 Å². The number of carbonyl (C=O) groups is 1. The molecule has 0 aromatic heterocycles. The summed E-state index contributed by atoms with van der Waals surface area (Å²) in [4.78, 5) is 14.6. The van der Waals surface area contributed by atoms with Crippen molar-refractivity contribution in [1.82, 2.24) is 13.9 Å². The molecule has 31 heavy (non-hydrogen) atoms. The maximum atomic E-state index is 13.0. The molecule has 2 aromatic rings. The first-order valence-electron chi connectivity index (χ1n) is 9.58. The van der Waals surface area contributed by atoms with Gasteiger partial charge in [-0.05, 0) is 56.3 Å². The van der Waals surface area contributed by atoms with Crippen molar-refractivity contribution in [2.24, 2.45) is 0 Å². The van der Waals surface area contributed by atoms with E-state index in [0.717, 1.165) is 0 Å². The number of rotatable bonds is 5. The van der Waals surface area contributed by atoms with Crippen LogP contribution in [0, 0.1) is 13.8 Å². The molecular formula is C20H24ClN3O5S2. The lowest BCUT2D eigenvalue weighted by atomic mass is 10.1. The summed E-state index contributed by atoms with van der Waals surface area (Å²) in [7, 11) is -6.18. The van der Waals surface area contributed by atoms with Gasteiger partial charge in [-0.25, -0.2) is 21.6 Å². The Morgan fingerprint density at radius 1 is 0.968 bits per heavy atom. The zero-order chi connectivity index (χ0) is 23.0. The van der Waals surface area contributed by atoms with Crippen molar-refractivity contribution in [2.75, 3.05) is 33.2 Å². The number of nitrogens with zero attached hydrogens (tertiary/aromatic N) is 2. The minimum atomic E-state index is -3.77. The SMILES string of the molecule is CNS(=O)(=O)c1cc(C(=O)N2CCN(S(=O)(=O)c3ccccc3Cl)CC2)cc(C)c1C. The fourth-order valence-electron chi connectivity index (χ4n) is 3.45. The second-order valence-corrected chi connectivity index (χ2v) is 11.4. The van der Waals surface area contributed by atoms with E-state index in [1.54, 1.807) is 32.0 Å². The third kappa shape index (κ3) is 4.63. The zero-order valence-electron chi connectivity index (χ0n) is 17.4. The third-order valence-corrected chi connectivity index (χ3v) is 9.34. The second kappa shape index (κ2) is 8.87. The minimum absolute atomic E-state index is 0.0347. The summed E-state index contributed by atoms with van der Waals surface area (Å²) in [6.07, 6.45) is 0. The molecule has 2 aromatic carbocycles. The van der Waals surface area contributed by atoms with Crippen molar-refractivity contribution >= 4 is 37.6 Å². The molecule has 1 N–H and O–H groups in total. The van der Waals surface area contributed by atoms with Gasteiger partial charge in [0.15, 0.2) is 0 Å². The Morgan fingerprint density at radius 3 is 2.16 bits per heavy atom. The van der Waals surface area contributed by atoms with Crippen LogP contribution in [-0.2, 0) is 20.0 Å². The summed E-state index contributed by atoms with van der Waals surface area (Å²) in [5, 5.41) is 0.148. The number of aryl methyl sites for hydroxylation is 1. The molecule has 8 nitrogen and oxygen atoms in total. The van der Waals surface area contributed by atoms with Crippen LogP contribution in [0.15, 0.2) is 46.2 Å². The molecule has 0 atom stereocenters. The smallest absolute Gasteiger partial charge is 0.253 e. The van der Waals surface area contributed by atoms with Gasteiger partial charge in [0.1, 0.15) is 4.90 Å². The number of benzene rings is 2. The average molecular weight is 486 g/mol. The maximum Gasteiger partial charge on any atom is 0.253 e. The Kier molecular flexibility index (Phi) is 6.78. The van der Waals surface area contributed by atoms with Gasteiger partial charge in [0.05, 0.1) is 9.92 Å². The van der Waals surface area contributed by atoms with Crippen LogP contribution < -0.4 is 4.72 Å². The van der Waals surface area contributed by atoms with E-state index in [1.807, 2.05) is 0 Å². The lowest BCUT2D eigenvalue weighted by Gasteiger charge is -2.34. The monoisotopic (exact) mass is 485 g/mol. The van der Waals surface area contributed by atoms with Gasteiger partial charge in [0.25, 0.3) is 5.91 Å². The number of amides is 1. The molecule has 1 saturated heterocycles. The van der Waals surface area contributed by atoms with Gasteiger partial charge in [-0.15, -0.1) is 0 Å². The number of sulfonamides is 2. The fourth-order valence-corrected chi connectivity index (χ4v) is 6.43. The Hall–Kier alpha value is -1.98. The van der Waals surface area contributed by atoms with Crippen LogP contribution in [0.2, 0.25) is 5.02 Å². The molecule has 0 saturated carbocycles. The van der Waals surface area contributed by atoms with Crippen LogP contribution in [0.25, 0.3) is 0 Å². The predicted molar refractivity (Wildman–Crippen MR) is 118 cm³/mol. The van der Waals surface area contributed by atoms with Crippen molar-refractivity contribution in [3.05, 3.63) is 58.1 Å². The largest absolute Gasteiger partial charge is 0.336 e. The lowest BCUT2D eigenvalue weighted by molar-refractivity contribution is 0.0697. The number of nitrogens with one attached hydrogen (secondary N) is 1. The standard InChI is InChI=1S/C20H24ClN3O5S2/c1-14-12-16(13-19(15(14)2)30(26,27)22-3)20(25)23-8-10-24(11-9-23)31(28,29)18-7-5-4-6-17(18)21/h4-7,12-13,22H,8-11H2,1-3H3. The summed E-state index contributed by atoms with van der Waals surface area (Å²) in [5.74, 6) is -0.342. The van der Waals surface area contributed by atoms with Gasteiger partial charge in [0.2, 0.25) is 20.0 Å².